The Morgan fingerprint density at radius 2 is 1.91 bits per heavy atom. The first kappa shape index (κ1) is 17.2. The molecular formula is C16H13BrClN3O2. The van der Waals surface area contributed by atoms with Crippen LogP contribution in [-0.2, 0) is 4.79 Å². The fourth-order valence-corrected chi connectivity index (χ4v) is 2.21. The molecule has 0 aliphatic rings. The van der Waals surface area contributed by atoms with Gasteiger partial charge in [0.1, 0.15) is 0 Å². The Kier molecular flexibility index (Phi) is 6.31. The quantitative estimate of drug-likeness (QED) is 0.604. The fourth-order valence-electron chi connectivity index (χ4n) is 1.67. The highest BCUT2D eigenvalue weighted by molar-refractivity contribution is 9.10. The SMILES string of the molecule is O=C(CNC(=O)c1ccc(Cl)cc1)N/N=C/c1cccc(Br)c1. The predicted octanol–water partition coefficient (Wildman–Crippen LogP) is 2.98. The summed E-state index contributed by atoms with van der Waals surface area (Å²) in [5.74, 6) is -0.772. The van der Waals surface area contributed by atoms with Crippen molar-refractivity contribution in [2.45, 2.75) is 0 Å². The second kappa shape index (κ2) is 8.45. The highest BCUT2D eigenvalue weighted by Crippen LogP contribution is 2.10. The van der Waals surface area contributed by atoms with Crippen LogP contribution >= 0.6 is 27.5 Å². The minimum absolute atomic E-state index is 0.169. The van der Waals surface area contributed by atoms with Gasteiger partial charge in [-0.1, -0.05) is 39.7 Å². The topological polar surface area (TPSA) is 70.6 Å². The van der Waals surface area contributed by atoms with Crippen molar-refractivity contribution in [3.63, 3.8) is 0 Å². The number of hydrazone groups is 1. The molecule has 0 spiro atoms. The van der Waals surface area contributed by atoms with Crippen molar-refractivity contribution in [1.82, 2.24) is 10.7 Å². The van der Waals surface area contributed by atoms with Crippen LogP contribution in [0.2, 0.25) is 5.02 Å². The second-order valence-corrected chi connectivity index (χ2v) is 5.89. The van der Waals surface area contributed by atoms with E-state index in [2.05, 4.69) is 31.8 Å². The molecule has 2 N–H and O–H groups in total. The normalized spacial score (nSPS) is 10.5. The maximum atomic E-state index is 11.8. The van der Waals surface area contributed by atoms with Crippen LogP contribution in [0.5, 0.6) is 0 Å². The van der Waals surface area contributed by atoms with Crippen LogP contribution in [-0.4, -0.2) is 24.6 Å². The second-order valence-electron chi connectivity index (χ2n) is 4.54. The van der Waals surface area contributed by atoms with E-state index in [4.69, 9.17) is 11.6 Å². The number of nitrogens with zero attached hydrogens (tertiary/aromatic N) is 1. The number of carbonyl (C=O) groups is 2. The van der Waals surface area contributed by atoms with Crippen LogP contribution in [0.4, 0.5) is 0 Å². The number of nitrogens with one attached hydrogen (secondary N) is 2. The Morgan fingerprint density at radius 3 is 2.61 bits per heavy atom. The summed E-state index contributed by atoms with van der Waals surface area (Å²) < 4.78 is 0.919. The fraction of sp³-hybridized carbons (Fsp3) is 0.0625. The summed E-state index contributed by atoms with van der Waals surface area (Å²) in [5.41, 5.74) is 3.61. The molecule has 7 heteroatoms. The highest BCUT2D eigenvalue weighted by Gasteiger charge is 2.07. The molecule has 0 aliphatic carbocycles. The highest BCUT2D eigenvalue weighted by atomic mass is 79.9. The Balaban J connectivity index is 1.78. The molecule has 0 saturated heterocycles. The lowest BCUT2D eigenvalue weighted by molar-refractivity contribution is -0.120. The largest absolute Gasteiger partial charge is 0.343 e. The number of hydrogen-bond donors (Lipinski definition) is 2. The number of halogens is 2. The molecule has 0 aliphatic heterocycles. The summed E-state index contributed by atoms with van der Waals surface area (Å²) in [6.07, 6.45) is 1.52. The first-order chi connectivity index (χ1) is 11.0. The first-order valence-electron chi connectivity index (χ1n) is 6.66. The zero-order valence-electron chi connectivity index (χ0n) is 11.9. The van der Waals surface area contributed by atoms with Crippen LogP contribution in [0, 0.1) is 0 Å². The molecule has 0 heterocycles. The predicted molar refractivity (Wildman–Crippen MR) is 93.7 cm³/mol. The van der Waals surface area contributed by atoms with Gasteiger partial charge in [-0.25, -0.2) is 5.43 Å². The summed E-state index contributed by atoms with van der Waals surface area (Å²) in [6.45, 7) is -0.169. The Labute approximate surface area is 146 Å². The zero-order valence-corrected chi connectivity index (χ0v) is 14.3. The van der Waals surface area contributed by atoms with E-state index in [1.54, 1.807) is 24.3 Å². The van der Waals surface area contributed by atoms with Gasteiger partial charge >= 0.3 is 0 Å². The van der Waals surface area contributed by atoms with Crippen LogP contribution in [0.25, 0.3) is 0 Å². The minimum atomic E-state index is -0.418. The molecule has 0 radical (unpaired) electrons. The van der Waals surface area contributed by atoms with E-state index in [9.17, 15) is 9.59 Å². The maximum absolute atomic E-state index is 11.8. The van der Waals surface area contributed by atoms with Gasteiger partial charge in [0.2, 0.25) is 0 Å². The van der Waals surface area contributed by atoms with Crippen molar-refractivity contribution in [2.24, 2.45) is 5.10 Å². The van der Waals surface area contributed by atoms with Gasteiger partial charge in [-0.3, -0.25) is 9.59 Å². The summed E-state index contributed by atoms with van der Waals surface area (Å²) in [7, 11) is 0. The van der Waals surface area contributed by atoms with Gasteiger partial charge < -0.3 is 5.32 Å². The van der Waals surface area contributed by atoms with Gasteiger partial charge in [-0.05, 0) is 42.0 Å². The van der Waals surface area contributed by atoms with Crippen molar-refractivity contribution >= 4 is 45.6 Å². The Hall–Kier alpha value is -2.18. The van der Waals surface area contributed by atoms with Crippen molar-refractivity contribution < 1.29 is 9.59 Å². The van der Waals surface area contributed by atoms with Gasteiger partial charge in [0.15, 0.2) is 0 Å². The van der Waals surface area contributed by atoms with Crippen LogP contribution in [0.15, 0.2) is 58.1 Å². The third-order valence-corrected chi connectivity index (χ3v) is 3.51. The summed E-state index contributed by atoms with van der Waals surface area (Å²) >= 11 is 9.09. The molecule has 2 rings (SSSR count). The molecule has 0 aromatic heterocycles. The summed E-state index contributed by atoms with van der Waals surface area (Å²) in [6, 6.07) is 13.8. The lowest BCUT2D eigenvalue weighted by Gasteiger charge is -2.04. The molecule has 2 aromatic rings. The zero-order chi connectivity index (χ0) is 16.7. The monoisotopic (exact) mass is 393 g/mol. The standard InChI is InChI=1S/C16H13BrClN3O2/c17-13-3-1-2-11(8-13)9-20-21-15(22)10-19-16(23)12-4-6-14(18)7-5-12/h1-9H,10H2,(H,19,23)(H,21,22)/b20-9+. The average molecular weight is 395 g/mol. The number of benzene rings is 2. The Morgan fingerprint density at radius 1 is 1.17 bits per heavy atom. The van der Waals surface area contributed by atoms with Gasteiger partial charge in [0, 0.05) is 15.1 Å². The molecule has 0 fully saturated rings. The van der Waals surface area contributed by atoms with Gasteiger partial charge in [-0.2, -0.15) is 5.10 Å². The molecule has 0 unspecified atom stereocenters. The van der Waals surface area contributed by atoms with Gasteiger partial charge in [-0.15, -0.1) is 0 Å². The van der Waals surface area contributed by atoms with E-state index in [0.717, 1.165) is 10.0 Å². The van der Waals surface area contributed by atoms with Crippen LogP contribution in [0.1, 0.15) is 15.9 Å². The van der Waals surface area contributed by atoms with Crippen LogP contribution in [0.3, 0.4) is 0 Å². The molecule has 0 atom stereocenters. The van der Waals surface area contributed by atoms with E-state index in [1.807, 2.05) is 24.3 Å². The third-order valence-electron chi connectivity index (χ3n) is 2.77. The lowest BCUT2D eigenvalue weighted by Crippen LogP contribution is -2.34. The molecule has 0 bridgehead atoms. The number of amides is 2. The van der Waals surface area contributed by atoms with Crippen molar-refractivity contribution in [2.75, 3.05) is 6.54 Å². The van der Waals surface area contributed by atoms with Gasteiger partial charge in [0.05, 0.1) is 12.8 Å². The lowest BCUT2D eigenvalue weighted by atomic mass is 10.2. The van der Waals surface area contributed by atoms with E-state index in [-0.39, 0.29) is 12.5 Å². The number of carbonyl (C=O) groups excluding carboxylic acids is 2. The van der Waals surface area contributed by atoms with E-state index >= 15 is 0 Å². The van der Waals surface area contributed by atoms with Crippen molar-refractivity contribution in [1.29, 1.82) is 0 Å². The maximum Gasteiger partial charge on any atom is 0.259 e. The molecule has 2 aromatic carbocycles. The first-order valence-corrected chi connectivity index (χ1v) is 7.83. The van der Waals surface area contributed by atoms with E-state index in [0.29, 0.717) is 10.6 Å². The van der Waals surface area contributed by atoms with Gasteiger partial charge in [0.25, 0.3) is 11.8 Å². The summed E-state index contributed by atoms with van der Waals surface area (Å²) in [5, 5.41) is 6.87. The van der Waals surface area contributed by atoms with E-state index in [1.165, 1.54) is 6.21 Å². The average Bonchev–Trinajstić information content (AvgIpc) is 2.53. The van der Waals surface area contributed by atoms with E-state index < -0.39 is 5.91 Å². The smallest absolute Gasteiger partial charge is 0.259 e. The molecule has 118 valence electrons. The third kappa shape index (κ3) is 5.84. The molecule has 23 heavy (non-hydrogen) atoms. The minimum Gasteiger partial charge on any atom is -0.343 e. The number of hydrogen-bond acceptors (Lipinski definition) is 3. The summed E-state index contributed by atoms with van der Waals surface area (Å²) in [4.78, 5) is 23.4. The molecular weight excluding hydrogens is 382 g/mol. The molecule has 2 amide bonds. The molecule has 5 nitrogen and oxygen atoms in total. The molecule has 0 saturated carbocycles. The number of rotatable bonds is 5. The van der Waals surface area contributed by atoms with Crippen molar-refractivity contribution in [3.05, 3.63) is 69.2 Å². The Bertz CT molecular complexity index is 732. The van der Waals surface area contributed by atoms with Crippen LogP contribution < -0.4 is 10.7 Å². The van der Waals surface area contributed by atoms with Crippen molar-refractivity contribution in [3.8, 4) is 0 Å².